The molecule has 0 heterocycles. The summed E-state index contributed by atoms with van der Waals surface area (Å²) in [6, 6.07) is 12.6. The minimum absolute atomic E-state index is 0.0322. The summed E-state index contributed by atoms with van der Waals surface area (Å²) in [5, 5.41) is 5.10. The van der Waals surface area contributed by atoms with Crippen molar-refractivity contribution < 1.29 is 18.7 Å². The zero-order valence-corrected chi connectivity index (χ0v) is 13.7. The van der Waals surface area contributed by atoms with Crippen LogP contribution < -0.4 is 15.4 Å². The monoisotopic (exact) mass is 330 g/mol. The molecule has 2 N–H and O–H groups in total. The summed E-state index contributed by atoms with van der Waals surface area (Å²) in [6.07, 6.45) is 0. The standard InChI is InChI=1S/C18H19FN2O3/c1-18(2,17(23)21-15-10-5-4-9-14(15)19)16(22)20-12-7-6-8-13(11-12)24-3/h4-11H,1-3H3,(H,20,22)(H,21,23). The Labute approximate surface area is 139 Å². The summed E-state index contributed by atoms with van der Waals surface area (Å²) in [6.45, 7) is 2.94. The molecule has 0 aliphatic heterocycles. The van der Waals surface area contributed by atoms with E-state index in [4.69, 9.17) is 4.74 Å². The van der Waals surface area contributed by atoms with Crippen LogP contribution in [0.2, 0.25) is 0 Å². The zero-order valence-electron chi connectivity index (χ0n) is 13.7. The molecule has 0 saturated carbocycles. The van der Waals surface area contributed by atoms with Crippen LogP contribution in [0.5, 0.6) is 5.75 Å². The maximum atomic E-state index is 13.6. The van der Waals surface area contributed by atoms with Gasteiger partial charge in [-0.15, -0.1) is 0 Å². The molecule has 0 fully saturated rings. The maximum absolute atomic E-state index is 13.6. The molecule has 0 bridgehead atoms. The van der Waals surface area contributed by atoms with Crippen molar-refractivity contribution in [2.75, 3.05) is 17.7 Å². The highest BCUT2D eigenvalue weighted by atomic mass is 19.1. The molecule has 0 aliphatic rings. The van der Waals surface area contributed by atoms with E-state index in [0.717, 1.165) is 0 Å². The Balaban J connectivity index is 2.11. The van der Waals surface area contributed by atoms with Gasteiger partial charge in [0.1, 0.15) is 17.0 Å². The highest BCUT2D eigenvalue weighted by Gasteiger charge is 2.36. The predicted octanol–water partition coefficient (Wildman–Crippen LogP) is 3.44. The van der Waals surface area contributed by atoms with Gasteiger partial charge in [-0.3, -0.25) is 9.59 Å². The van der Waals surface area contributed by atoms with Gasteiger partial charge >= 0.3 is 0 Å². The van der Waals surface area contributed by atoms with E-state index in [9.17, 15) is 14.0 Å². The van der Waals surface area contributed by atoms with Crippen molar-refractivity contribution in [3.05, 3.63) is 54.3 Å². The van der Waals surface area contributed by atoms with Gasteiger partial charge < -0.3 is 15.4 Å². The first kappa shape index (κ1) is 17.5. The molecule has 5 nitrogen and oxygen atoms in total. The van der Waals surface area contributed by atoms with E-state index in [1.807, 2.05) is 0 Å². The second-order valence-electron chi connectivity index (χ2n) is 5.75. The van der Waals surface area contributed by atoms with Gasteiger partial charge in [-0.2, -0.15) is 0 Å². The third-order valence-corrected chi connectivity index (χ3v) is 3.58. The van der Waals surface area contributed by atoms with Gasteiger partial charge in [0.25, 0.3) is 0 Å². The molecule has 0 spiro atoms. The van der Waals surface area contributed by atoms with Crippen LogP contribution in [0.25, 0.3) is 0 Å². The molecule has 0 saturated heterocycles. The smallest absolute Gasteiger partial charge is 0.239 e. The lowest BCUT2D eigenvalue weighted by Gasteiger charge is -2.23. The zero-order chi connectivity index (χ0) is 17.7. The van der Waals surface area contributed by atoms with Crippen molar-refractivity contribution in [3.8, 4) is 5.75 Å². The number of anilines is 2. The van der Waals surface area contributed by atoms with E-state index in [1.54, 1.807) is 30.3 Å². The fraction of sp³-hybridized carbons (Fsp3) is 0.222. The molecule has 0 aromatic heterocycles. The topological polar surface area (TPSA) is 67.4 Å². The predicted molar refractivity (Wildman–Crippen MR) is 90.4 cm³/mol. The molecule has 2 aromatic rings. The lowest BCUT2D eigenvalue weighted by atomic mass is 9.90. The molecular weight excluding hydrogens is 311 g/mol. The molecule has 0 radical (unpaired) electrons. The van der Waals surface area contributed by atoms with Gasteiger partial charge in [-0.1, -0.05) is 18.2 Å². The third kappa shape index (κ3) is 3.90. The maximum Gasteiger partial charge on any atom is 0.239 e. The average molecular weight is 330 g/mol. The lowest BCUT2D eigenvalue weighted by molar-refractivity contribution is -0.135. The summed E-state index contributed by atoms with van der Waals surface area (Å²) in [7, 11) is 1.52. The third-order valence-electron chi connectivity index (χ3n) is 3.58. The Morgan fingerprint density at radius 1 is 1.00 bits per heavy atom. The number of hydrogen-bond acceptors (Lipinski definition) is 3. The summed E-state index contributed by atoms with van der Waals surface area (Å²) in [5.41, 5.74) is -0.860. The van der Waals surface area contributed by atoms with Crippen LogP contribution in [0, 0.1) is 11.2 Å². The molecule has 0 atom stereocenters. The van der Waals surface area contributed by atoms with Gasteiger partial charge in [0, 0.05) is 11.8 Å². The van der Waals surface area contributed by atoms with E-state index in [-0.39, 0.29) is 5.69 Å². The Morgan fingerprint density at radius 3 is 2.33 bits per heavy atom. The number of amides is 2. The molecule has 6 heteroatoms. The fourth-order valence-electron chi connectivity index (χ4n) is 1.93. The first-order valence-corrected chi connectivity index (χ1v) is 7.36. The number of benzene rings is 2. The Bertz CT molecular complexity index is 759. The Hall–Kier alpha value is -2.89. The number of carbonyl (C=O) groups excluding carboxylic acids is 2. The Morgan fingerprint density at radius 2 is 1.67 bits per heavy atom. The molecular formula is C18H19FN2O3. The molecule has 24 heavy (non-hydrogen) atoms. The Kier molecular flexibility index (Phi) is 5.18. The number of ether oxygens (including phenoxy) is 1. The van der Waals surface area contributed by atoms with Crippen molar-refractivity contribution >= 4 is 23.2 Å². The van der Waals surface area contributed by atoms with E-state index < -0.39 is 23.0 Å². The van der Waals surface area contributed by atoms with E-state index >= 15 is 0 Å². The molecule has 126 valence electrons. The van der Waals surface area contributed by atoms with Crippen LogP contribution >= 0.6 is 0 Å². The summed E-state index contributed by atoms with van der Waals surface area (Å²) >= 11 is 0. The van der Waals surface area contributed by atoms with Gasteiger partial charge in [0.15, 0.2) is 0 Å². The highest BCUT2D eigenvalue weighted by molar-refractivity contribution is 6.14. The molecule has 2 amide bonds. The number of methoxy groups -OCH3 is 1. The van der Waals surface area contributed by atoms with Crippen molar-refractivity contribution in [3.63, 3.8) is 0 Å². The quantitative estimate of drug-likeness (QED) is 0.825. The molecule has 2 aromatic carbocycles. The number of nitrogens with one attached hydrogen (secondary N) is 2. The summed E-state index contributed by atoms with van der Waals surface area (Å²) in [5.74, 6) is -1.09. The number of rotatable bonds is 5. The van der Waals surface area contributed by atoms with Crippen LogP contribution in [0.3, 0.4) is 0 Å². The van der Waals surface area contributed by atoms with Crippen LogP contribution in [0.4, 0.5) is 15.8 Å². The van der Waals surface area contributed by atoms with Gasteiger partial charge in [-0.25, -0.2) is 4.39 Å². The van der Waals surface area contributed by atoms with E-state index in [2.05, 4.69) is 10.6 Å². The second kappa shape index (κ2) is 7.12. The average Bonchev–Trinajstić information content (AvgIpc) is 2.57. The number of hydrogen-bond donors (Lipinski definition) is 2. The summed E-state index contributed by atoms with van der Waals surface area (Å²) in [4.78, 5) is 24.8. The summed E-state index contributed by atoms with van der Waals surface area (Å²) < 4.78 is 18.7. The van der Waals surface area contributed by atoms with Crippen molar-refractivity contribution in [2.45, 2.75) is 13.8 Å². The SMILES string of the molecule is COc1cccc(NC(=O)C(C)(C)C(=O)Nc2ccccc2F)c1. The van der Waals surface area contributed by atoms with Crippen molar-refractivity contribution in [1.82, 2.24) is 0 Å². The van der Waals surface area contributed by atoms with Crippen LogP contribution in [-0.2, 0) is 9.59 Å². The highest BCUT2D eigenvalue weighted by Crippen LogP contribution is 2.24. The van der Waals surface area contributed by atoms with E-state index in [0.29, 0.717) is 11.4 Å². The van der Waals surface area contributed by atoms with Crippen molar-refractivity contribution in [1.29, 1.82) is 0 Å². The lowest BCUT2D eigenvalue weighted by Crippen LogP contribution is -2.41. The largest absolute Gasteiger partial charge is 0.497 e. The number of para-hydroxylation sites is 1. The number of carbonyl (C=O) groups is 2. The van der Waals surface area contributed by atoms with Crippen molar-refractivity contribution in [2.24, 2.45) is 5.41 Å². The van der Waals surface area contributed by atoms with E-state index in [1.165, 1.54) is 39.2 Å². The first-order chi connectivity index (χ1) is 11.3. The van der Waals surface area contributed by atoms with Crippen LogP contribution in [0.15, 0.2) is 48.5 Å². The number of halogens is 1. The van der Waals surface area contributed by atoms with Gasteiger partial charge in [0.05, 0.1) is 12.8 Å². The normalized spacial score (nSPS) is 10.8. The van der Waals surface area contributed by atoms with Crippen LogP contribution in [-0.4, -0.2) is 18.9 Å². The molecule has 0 unspecified atom stereocenters. The van der Waals surface area contributed by atoms with Crippen LogP contribution in [0.1, 0.15) is 13.8 Å². The molecule has 2 rings (SSSR count). The molecule has 0 aliphatic carbocycles. The fourth-order valence-corrected chi connectivity index (χ4v) is 1.93. The minimum atomic E-state index is -1.40. The van der Waals surface area contributed by atoms with Gasteiger partial charge in [-0.05, 0) is 38.1 Å². The minimum Gasteiger partial charge on any atom is -0.497 e. The second-order valence-corrected chi connectivity index (χ2v) is 5.75. The first-order valence-electron chi connectivity index (χ1n) is 7.36. The van der Waals surface area contributed by atoms with Gasteiger partial charge in [0.2, 0.25) is 11.8 Å².